The highest BCUT2D eigenvalue weighted by molar-refractivity contribution is 5.60. The minimum Gasteiger partial charge on any atom is -0.464 e. The molecule has 0 saturated carbocycles. The fourth-order valence-corrected chi connectivity index (χ4v) is 1.45. The minimum absolute atomic E-state index is 0.190. The van der Waals surface area contributed by atoms with Crippen LogP contribution in [0.5, 0.6) is 5.88 Å². The number of aromatic nitrogens is 2. The lowest BCUT2D eigenvalue weighted by Crippen LogP contribution is -1.98. The molecular weight excluding hydrogens is 250 g/mol. The monoisotopic (exact) mass is 260 g/mol. The number of rotatable bonds is 3. The highest BCUT2D eigenvalue weighted by atomic mass is 19.1. The van der Waals surface area contributed by atoms with Crippen molar-refractivity contribution in [3.05, 3.63) is 42.2 Å². The van der Waals surface area contributed by atoms with Crippen LogP contribution in [0.1, 0.15) is 6.92 Å². The summed E-state index contributed by atoms with van der Waals surface area (Å²) in [5.74, 6) is 4.37. The van der Waals surface area contributed by atoms with Crippen LogP contribution in [0.2, 0.25) is 0 Å². The van der Waals surface area contributed by atoms with Crippen molar-refractivity contribution in [3.63, 3.8) is 0 Å². The summed E-state index contributed by atoms with van der Waals surface area (Å²) in [5.41, 5.74) is 0.516. The van der Waals surface area contributed by atoms with E-state index in [2.05, 4.69) is 21.8 Å². The standard InChI is InChI=1S/C14H10F2N2O/c1-2-3-6-19-14-8-13(17-9-18-14)11-5-4-10(15)7-12(11)16/h4-5,7-9H,6H2,1H3. The molecule has 0 unspecified atom stereocenters. The molecule has 0 aliphatic rings. The van der Waals surface area contributed by atoms with Gasteiger partial charge in [0.05, 0.1) is 5.69 Å². The van der Waals surface area contributed by atoms with E-state index in [1.165, 1.54) is 24.5 Å². The van der Waals surface area contributed by atoms with Crippen LogP contribution in [0.4, 0.5) is 8.78 Å². The second-order valence-corrected chi connectivity index (χ2v) is 3.58. The zero-order valence-electron chi connectivity index (χ0n) is 10.2. The molecule has 1 heterocycles. The van der Waals surface area contributed by atoms with E-state index in [1.807, 2.05) is 0 Å². The van der Waals surface area contributed by atoms with Crippen LogP contribution in [-0.4, -0.2) is 16.6 Å². The van der Waals surface area contributed by atoms with Crippen molar-refractivity contribution in [2.75, 3.05) is 6.61 Å². The number of halogens is 2. The Morgan fingerprint density at radius 1 is 1.21 bits per heavy atom. The van der Waals surface area contributed by atoms with E-state index in [-0.39, 0.29) is 18.1 Å². The Hall–Kier alpha value is -2.48. The summed E-state index contributed by atoms with van der Waals surface area (Å²) in [7, 11) is 0. The molecule has 3 nitrogen and oxygen atoms in total. The van der Waals surface area contributed by atoms with Gasteiger partial charge >= 0.3 is 0 Å². The molecule has 0 aliphatic heterocycles. The topological polar surface area (TPSA) is 35.0 Å². The molecule has 0 aliphatic carbocycles. The van der Waals surface area contributed by atoms with Crippen molar-refractivity contribution in [1.29, 1.82) is 0 Å². The van der Waals surface area contributed by atoms with Gasteiger partial charge in [0, 0.05) is 17.7 Å². The molecule has 0 radical (unpaired) electrons. The molecule has 2 aromatic rings. The molecule has 0 saturated heterocycles. The number of nitrogens with zero attached hydrogens (tertiary/aromatic N) is 2. The number of hydrogen-bond donors (Lipinski definition) is 0. The highest BCUT2D eigenvalue weighted by Crippen LogP contribution is 2.23. The van der Waals surface area contributed by atoms with E-state index >= 15 is 0 Å². The van der Waals surface area contributed by atoms with Crippen LogP contribution >= 0.6 is 0 Å². The maximum atomic E-state index is 13.6. The molecule has 0 atom stereocenters. The van der Waals surface area contributed by atoms with Crippen LogP contribution in [-0.2, 0) is 0 Å². The van der Waals surface area contributed by atoms with Gasteiger partial charge in [-0.1, -0.05) is 5.92 Å². The van der Waals surface area contributed by atoms with Gasteiger partial charge in [-0.2, -0.15) is 0 Å². The Morgan fingerprint density at radius 2 is 2.05 bits per heavy atom. The van der Waals surface area contributed by atoms with E-state index in [9.17, 15) is 8.78 Å². The summed E-state index contributed by atoms with van der Waals surface area (Å²) in [5, 5.41) is 0. The fraction of sp³-hybridized carbons (Fsp3) is 0.143. The first-order valence-electron chi connectivity index (χ1n) is 5.50. The Bertz CT molecular complexity index is 647. The Kier molecular flexibility index (Phi) is 4.04. The normalized spacial score (nSPS) is 9.63. The molecule has 5 heteroatoms. The van der Waals surface area contributed by atoms with Crippen LogP contribution < -0.4 is 4.74 Å². The maximum absolute atomic E-state index is 13.6. The lowest BCUT2D eigenvalue weighted by molar-refractivity contribution is 0.354. The zero-order valence-corrected chi connectivity index (χ0v) is 10.2. The first-order valence-corrected chi connectivity index (χ1v) is 5.50. The lowest BCUT2D eigenvalue weighted by Gasteiger charge is -2.05. The van der Waals surface area contributed by atoms with Gasteiger partial charge in [0.1, 0.15) is 18.0 Å². The van der Waals surface area contributed by atoms with E-state index in [0.29, 0.717) is 5.69 Å². The summed E-state index contributed by atoms with van der Waals surface area (Å²) >= 11 is 0. The van der Waals surface area contributed by atoms with Crippen LogP contribution in [0.25, 0.3) is 11.3 Å². The van der Waals surface area contributed by atoms with Crippen molar-refractivity contribution in [2.24, 2.45) is 0 Å². The van der Waals surface area contributed by atoms with Gasteiger partial charge in [-0.05, 0) is 19.1 Å². The maximum Gasteiger partial charge on any atom is 0.217 e. The molecule has 0 N–H and O–H groups in total. The van der Waals surface area contributed by atoms with Crippen molar-refractivity contribution >= 4 is 0 Å². The molecule has 96 valence electrons. The molecule has 0 bridgehead atoms. The Labute approximate surface area is 109 Å². The van der Waals surface area contributed by atoms with Crippen molar-refractivity contribution in [3.8, 4) is 29.0 Å². The zero-order chi connectivity index (χ0) is 13.7. The highest BCUT2D eigenvalue weighted by Gasteiger charge is 2.09. The van der Waals surface area contributed by atoms with Gasteiger partial charge in [-0.15, -0.1) is 5.92 Å². The summed E-state index contributed by atoms with van der Waals surface area (Å²) in [6.45, 7) is 1.89. The SMILES string of the molecule is CC#CCOc1cc(-c2ccc(F)cc2F)ncn1. The predicted molar refractivity (Wildman–Crippen MR) is 66.3 cm³/mol. The molecule has 1 aromatic heterocycles. The number of hydrogen-bond acceptors (Lipinski definition) is 3. The van der Waals surface area contributed by atoms with E-state index in [1.54, 1.807) is 6.92 Å². The Morgan fingerprint density at radius 3 is 2.79 bits per heavy atom. The van der Waals surface area contributed by atoms with Crippen LogP contribution in [0.3, 0.4) is 0 Å². The van der Waals surface area contributed by atoms with Crippen LogP contribution in [0, 0.1) is 23.5 Å². The summed E-state index contributed by atoms with van der Waals surface area (Å²) in [6, 6.07) is 4.78. The molecular formula is C14H10F2N2O. The van der Waals surface area contributed by atoms with Crippen LogP contribution in [0.15, 0.2) is 30.6 Å². The molecule has 1 aromatic carbocycles. The van der Waals surface area contributed by atoms with Gasteiger partial charge in [0.25, 0.3) is 0 Å². The third-order valence-corrected chi connectivity index (χ3v) is 2.32. The smallest absolute Gasteiger partial charge is 0.217 e. The van der Waals surface area contributed by atoms with Gasteiger partial charge in [-0.3, -0.25) is 0 Å². The van der Waals surface area contributed by atoms with E-state index in [0.717, 1.165) is 6.07 Å². The van der Waals surface area contributed by atoms with Crippen molar-refractivity contribution in [2.45, 2.75) is 6.92 Å². The fourth-order valence-electron chi connectivity index (χ4n) is 1.45. The predicted octanol–water partition coefficient (Wildman–Crippen LogP) is 2.82. The second-order valence-electron chi connectivity index (χ2n) is 3.58. The molecule has 19 heavy (non-hydrogen) atoms. The first-order chi connectivity index (χ1) is 9.20. The Balaban J connectivity index is 2.28. The minimum atomic E-state index is -0.682. The quantitative estimate of drug-likeness (QED) is 0.796. The van der Waals surface area contributed by atoms with E-state index < -0.39 is 11.6 Å². The van der Waals surface area contributed by atoms with E-state index in [4.69, 9.17) is 4.74 Å². The second kappa shape index (κ2) is 5.91. The number of benzene rings is 1. The van der Waals surface area contributed by atoms with Gasteiger partial charge in [-0.25, -0.2) is 18.7 Å². The summed E-state index contributed by atoms with van der Waals surface area (Å²) < 4.78 is 31.7. The molecule has 0 spiro atoms. The van der Waals surface area contributed by atoms with Gasteiger partial charge < -0.3 is 4.74 Å². The molecule has 2 rings (SSSR count). The number of ether oxygens (including phenoxy) is 1. The van der Waals surface area contributed by atoms with Crippen molar-refractivity contribution in [1.82, 2.24) is 9.97 Å². The largest absolute Gasteiger partial charge is 0.464 e. The average molecular weight is 260 g/mol. The molecule has 0 fully saturated rings. The third kappa shape index (κ3) is 3.26. The van der Waals surface area contributed by atoms with Crippen molar-refractivity contribution < 1.29 is 13.5 Å². The van der Waals surface area contributed by atoms with Gasteiger partial charge in [0.2, 0.25) is 5.88 Å². The average Bonchev–Trinajstić information content (AvgIpc) is 2.39. The summed E-state index contributed by atoms with van der Waals surface area (Å²) in [6.07, 6.45) is 1.26. The first kappa shape index (κ1) is 13.0. The lowest BCUT2D eigenvalue weighted by atomic mass is 10.1. The summed E-state index contributed by atoms with van der Waals surface area (Å²) in [4.78, 5) is 7.83. The molecule has 0 amide bonds. The van der Waals surface area contributed by atoms with Gasteiger partial charge in [0.15, 0.2) is 6.61 Å². The third-order valence-electron chi connectivity index (χ3n) is 2.32.